The van der Waals surface area contributed by atoms with Gasteiger partial charge in [0, 0.05) is 29.8 Å². The molecular weight excluding hydrogens is 400 g/mol. The molecular formula is C18H22F4N2O3S. The summed E-state index contributed by atoms with van der Waals surface area (Å²) in [5.41, 5.74) is 0.0194. The Morgan fingerprint density at radius 3 is 2.54 bits per heavy atom. The fourth-order valence-electron chi connectivity index (χ4n) is 3.13. The molecule has 0 aliphatic carbocycles. The Morgan fingerprint density at radius 2 is 1.96 bits per heavy atom. The van der Waals surface area contributed by atoms with Crippen LogP contribution in [-0.2, 0) is 9.84 Å². The number of carbonyl (C=O) groups excluding carboxylic acids is 1. The Bertz CT molecular complexity index is 839. The van der Waals surface area contributed by atoms with Crippen LogP contribution in [0.3, 0.4) is 0 Å². The first-order valence-corrected chi connectivity index (χ1v) is 10.6. The summed E-state index contributed by atoms with van der Waals surface area (Å²) >= 11 is 0. The zero-order valence-electron chi connectivity index (χ0n) is 15.4. The molecule has 1 N–H and O–H groups in total. The van der Waals surface area contributed by atoms with Crippen molar-refractivity contribution in [3.63, 3.8) is 0 Å². The maximum atomic E-state index is 14.2. The molecule has 2 amide bonds. The van der Waals surface area contributed by atoms with Crippen LogP contribution in [0.4, 0.5) is 22.4 Å². The van der Waals surface area contributed by atoms with Crippen LogP contribution in [0.2, 0.25) is 0 Å². The van der Waals surface area contributed by atoms with Gasteiger partial charge in [-0.2, -0.15) is 13.2 Å². The van der Waals surface area contributed by atoms with Gasteiger partial charge in [0.05, 0.1) is 12.0 Å². The number of urea groups is 1. The van der Waals surface area contributed by atoms with E-state index >= 15 is 0 Å². The summed E-state index contributed by atoms with van der Waals surface area (Å²) < 4.78 is 76.2. The second-order valence-electron chi connectivity index (χ2n) is 6.89. The third-order valence-corrected chi connectivity index (χ3v) is 5.21. The monoisotopic (exact) mass is 422 g/mol. The van der Waals surface area contributed by atoms with Crippen molar-refractivity contribution in [3.05, 3.63) is 47.1 Å². The standard InChI is InChI=1S/C18H22F4N2O3S/c1-12(8-10-28(2,26)27)23-17(25)24-9-7-13(18(20,21)22)11-16(24)14-5-3-4-6-15(14)19/h3-6,8,10,12-13,16H,7,9,11H2,1-2H3,(H,23,25)/b10-8+/t12-,13-,16+/m0/s1. The van der Waals surface area contributed by atoms with Gasteiger partial charge in [-0.25, -0.2) is 17.6 Å². The predicted molar refractivity (Wildman–Crippen MR) is 96.6 cm³/mol. The first-order chi connectivity index (χ1) is 12.9. The normalized spacial score (nSPS) is 22.3. The van der Waals surface area contributed by atoms with Crippen molar-refractivity contribution in [2.75, 3.05) is 12.8 Å². The smallest absolute Gasteiger partial charge is 0.332 e. The molecule has 10 heteroatoms. The summed E-state index contributed by atoms with van der Waals surface area (Å²) in [6, 6.07) is 3.00. The number of halogens is 4. The molecule has 0 bridgehead atoms. The summed E-state index contributed by atoms with van der Waals surface area (Å²) in [4.78, 5) is 13.8. The SMILES string of the molecule is C[C@@H](/C=C/S(C)(=O)=O)NC(=O)N1CC[C@H](C(F)(F)F)C[C@@H]1c1ccccc1F. The van der Waals surface area contributed by atoms with E-state index in [1.54, 1.807) is 0 Å². The molecule has 1 aromatic rings. The van der Waals surface area contributed by atoms with Crippen molar-refractivity contribution in [1.82, 2.24) is 10.2 Å². The average Bonchev–Trinajstić information content (AvgIpc) is 2.58. The highest BCUT2D eigenvalue weighted by atomic mass is 32.2. The number of benzene rings is 1. The van der Waals surface area contributed by atoms with Crippen molar-refractivity contribution >= 4 is 15.9 Å². The van der Waals surface area contributed by atoms with Crippen LogP contribution >= 0.6 is 0 Å². The van der Waals surface area contributed by atoms with Crippen LogP contribution in [0, 0.1) is 11.7 Å². The van der Waals surface area contributed by atoms with Gasteiger partial charge in [0.15, 0.2) is 9.84 Å². The lowest BCUT2D eigenvalue weighted by Gasteiger charge is -2.40. The van der Waals surface area contributed by atoms with Crippen molar-refractivity contribution in [3.8, 4) is 0 Å². The zero-order valence-corrected chi connectivity index (χ0v) is 16.2. The van der Waals surface area contributed by atoms with E-state index in [-0.39, 0.29) is 18.5 Å². The highest BCUT2D eigenvalue weighted by Gasteiger charge is 2.46. The van der Waals surface area contributed by atoms with E-state index in [4.69, 9.17) is 0 Å². The highest BCUT2D eigenvalue weighted by molar-refractivity contribution is 7.93. The Hall–Kier alpha value is -2.10. The molecule has 0 spiro atoms. The average molecular weight is 422 g/mol. The van der Waals surface area contributed by atoms with Gasteiger partial charge in [-0.15, -0.1) is 0 Å². The predicted octanol–water partition coefficient (Wildman–Crippen LogP) is 3.80. The third-order valence-electron chi connectivity index (χ3n) is 4.56. The Kier molecular flexibility index (Phi) is 6.74. The van der Waals surface area contributed by atoms with Crippen LogP contribution in [0.5, 0.6) is 0 Å². The quantitative estimate of drug-likeness (QED) is 0.751. The summed E-state index contributed by atoms with van der Waals surface area (Å²) in [5, 5.41) is 3.46. The van der Waals surface area contributed by atoms with Crippen molar-refractivity contribution in [1.29, 1.82) is 0 Å². The minimum atomic E-state index is -4.43. The van der Waals surface area contributed by atoms with E-state index < -0.39 is 52.3 Å². The number of nitrogens with zero attached hydrogens (tertiary/aromatic N) is 1. The molecule has 1 aromatic carbocycles. The largest absolute Gasteiger partial charge is 0.391 e. The molecule has 1 fully saturated rings. The van der Waals surface area contributed by atoms with E-state index in [1.165, 1.54) is 36.1 Å². The van der Waals surface area contributed by atoms with E-state index in [0.29, 0.717) is 0 Å². The third kappa shape index (κ3) is 5.95. The summed E-state index contributed by atoms with van der Waals surface area (Å²) in [6.45, 7) is 1.33. The summed E-state index contributed by atoms with van der Waals surface area (Å²) in [6.07, 6.45) is -2.90. The maximum Gasteiger partial charge on any atom is 0.391 e. The minimum Gasteiger partial charge on any atom is -0.332 e. The van der Waals surface area contributed by atoms with E-state index in [1.807, 2.05) is 0 Å². The number of likely N-dealkylation sites (tertiary alicyclic amines) is 1. The minimum absolute atomic E-state index is 0.0194. The molecule has 3 atom stereocenters. The molecule has 1 saturated heterocycles. The van der Waals surface area contributed by atoms with Crippen LogP contribution in [0.15, 0.2) is 35.7 Å². The second-order valence-corrected chi connectivity index (χ2v) is 8.82. The number of hydrogen-bond acceptors (Lipinski definition) is 3. The van der Waals surface area contributed by atoms with Crippen LogP contribution in [0.25, 0.3) is 0 Å². The van der Waals surface area contributed by atoms with Crippen molar-refractivity contribution in [2.24, 2.45) is 5.92 Å². The molecule has 0 aromatic heterocycles. The van der Waals surface area contributed by atoms with Gasteiger partial charge >= 0.3 is 12.2 Å². The van der Waals surface area contributed by atoms with E-state index in [9.17, 15) is 30.8 Å². The topological polar surface area (TPSA) is 66.5 Å². The molecule has 5 nitrogen and oxygen atoms in total. The second kappa shape index (κ2) is 8.50. The number of hydrogen-bond donors (Lipinski definition) is 1. The first kappa shape index (κ1) is 22.2. The van der Waals surface area contributed by atoms with Crippen molar-refractivity contribution in [2.45, 2.75) is 38.0 Å². The lowest BCUT2D eigenvalue weighted by molar-refractivity contribution is -0.188. The molecule has 28 heavy (non-hydrogen) atoms. The molecule has 1 aliphatic rings. The van der Waals surface area contributed by atoms with Gasteiger partial charge in [0.1, 0.15) is 5.82 Å². The van der Waals surface area contributed by atoms with Crippen LogP contribution < -0.4 is 5.32 Å². The number of sulfone groups is 1. The Morgan fingerprint density at radius 1 is 1.32 bits per heavy atom. The molecule has 156 valence electrons. The first-order valence-electron chi connectivity index (χ1n) is 8.65. The number of alkyl halides is 3. The van der Waals surface area contributed by atoms with Gasteiger partial charge in [-0.1, -0.05) is 24.3 Å². The van der Waals surface area contributed by atoms with Crippen LogP contribution in [-0.4, -0.2) is 44.4 Å². The molecule has 1 aliphatic heterocycles. The van der Waals surface area contributed by atoms with Gasteiger partial charge < -0.3 is 10.2 Å². The summed E-state index contributed by atoms with van der Waals surface area (Å²) in [5.74, 6) is -2.32. The highest BCUT2D eigenvalue weighted by Crippen LogP contribution is 2.42. The number of amides is 2. The lowest BCUT2D eigenvalue weighted by Crippen LogP contribution is -2.50. The lowest BCUT2D eigenvalue weighted by atomic mass is 9.86. The maximum absolute atomic E-state index is 14.2. The summed E-state index contributed by atoms with van der Waals surface area (Å²) in [7, 11) is -3.38. The zero-order chi connectivity index (χ0) is 21.1. The van der Waals surface area contributed by atoms with Crippen LogP contribution in [0.1, 0.15) is 31.4 Å². The number of carbonyl (C=O) groups is 1. The van der Waals surface area contributed by atoms with E-state index in [0.717, 1.165) is 17.7 Å². The molecule has 0 radical (unpaired) electrons. The molecule has 0 unspecified atom stereocenters. The number of piperidine rings is 1. The van der Waals surface area contributed by atoms with Gasteiger partial charge in [0.25, 0.3) is 0 Å². The Balaban J connectivity index is 2.24. The van der Waals surface area contributed by atoms with E-state index in [2.05, 4.69) is 5.32 Å². The van der Waals surface area contributed by atoms with Gasteiger partial charge in [-0.3, -0.25) is 0 Å². The fraction of sp³-hybridized carbons (Fsp3) is 0.500. The van der Waals surface area contributed by atoms with Gasteiger partial charge in [0.2, 0.25) is 0 Å². The molecule has 1 heterocycles. The number of rotatable bonds is 4. The molecule has 2 rings (SSSR count). The number of nitrogens with one attached hydrogen (secondary N) is 1. The molecule has 0 saturated carbocycles. The van der Waals surface area contributed by atoms with Gasteiger partial charge in [-0.05, 0) is 25.8 Å². The fourth-order valence-corrected chi connectivity index (χ4v) is 3.65. The Labute approximate surface area is 161 Å². The van der Waals surface area contributed by atoms with Crippen molar-refractivity contribution < 1.29 is 30.8 Å².